The Labute approximate surface area is 118 Å². The lowest BCUT2D eigenvalue weighted by molar-refractivity contribution is -0.140. The minimum Gasteiger partial charge on any atom is -0.480 e. The number of aliphatic carboxylic acids is 1. The number of nitrogens with zero attached hydrogens (tertiary/aromatic N) is 2. The SMILES string of the molecule is Cc1cccc(CN(C)C(=O)NC(C(=O)O)C(C)C)n1. The van der Waals surface area contributed by atoms with Crippen molar-refractivity contribution in [3.8, 4) is 0 Å². The fourth-order valence-electron chi connectivity index (χ4n) is 1.76. The molecule has 20 heavy (non-hydrogen) atoms. The molecule has 0 aliphatic heterocycles. The topological polar surface area (TPSA) is 82.5 Å². The maximum absolute atomic E-state index is 12.0. The zero-order valence-electron chi connectivity index (χ0n) is 12.3. The molecule has 0 saturated carbocycles. The number of urea groups is 1. The molecule has 1 rings (SSSR count). The van der Waals surface area contributed by atoms with Crippen LogP contribution in [0.3, 0.4) is 0 Å². The Hall–Kier alpha value is -2.11. The molecule has 6 nitrogen and oxygen atoms in total. The number of aryl methyl sites for hydroxylation is 1. The van der Waals surface area contributed by atoms with Gasteiger partial charge in [0.1, 0.15) is 6.04 Å². The largest absolute Gasteiger partial charge is 0.480 e. The average molecular weight is 279 g/mol. The number of pyridine rings is 1. The molecule has 110 valence electrons. The number of aromatic nitrogens is 1. The number of nitrogens with one attached hydrogen (secondary N) is 1. The van der Waals surface area contributed by atoms with Gasteiger partial charge in [0, 0.05) is 12.7 Å². The van der Waals surface area contributed by atoms with Crippen LogP contribution in [0.1, 0.15) is 25.2 Å². The van der Waals surface area contributed by atoms with Crippen molar-refractivity contribution < 1.29 is 14.7 Å². The van der Waals surface area contributed by atoms with E-state index < -0.39 is 18.0 Å². The Bertz CT molecular complexity index is 488. The van der Waals surface area contributed by atoms with E-state index in [1.54, 1.807) is 20.9 Å². The molecule has 1 aromatic heterocycles. The minimum absolute atomic E-state index is 0.179. The van der Waals surface area contributed by atoms with Crippen molar-refractivity contribution >= 4 is 12.0 Å². The number of amides is 2. The standard InChI is InChI=1S/C14H21N3O3/c1-9(2)12(13(18)19)16-14(20)17(4)8-11-7-5-6-10(3)15-11/h5-7,9,12H,8H2,1-4H3,(H,16,20)(H,18,19). The predicted molar refractivity (Wildman–Crippen MR) is 75.2 cm³/mol. The molecule has 0 aromatic carbocycles. The molecule has 0 bridgehead atoms. The van der Waals surface area contributed by atoms with Crippen LogP contribution in [0.2, 0.25) is 0 Å². The van der Waals surface area contributed by atoms with Gasteiger partial charge in [-0.2, -0.15) is 0 Å². The zero-order chi connectivity index (χ0) is 15.3. The third-order valence-electron chi connectivity index (χ3n) is 2.90. The second kappa shape index (κ2) is 6.88. The number of rotatable bonds is 5. The summed E-state index contributed by atoms with van der Waals surface area (Å²) in [5, 5.41) is 11.6. The van der Waals surface area contributed by atoms with E-state index in [1.807, 2.05) is 25.1 Å². The summed E-state index contributed by atoms with van der Waals surface area (Å²) >= 11 is 0. The lowest BCUT2D eigenvalue weighted by Crippen LogP contribution is -2.48. The monoisotopic (exact) mass is 279 g/mol. The fourth-order valence-corrected chi connectivity index (χ4v) is 1.76. The smallest absolute Gasteiger partial charge is 0.326 e. The summed E-state index contributed by atoms with van der Waals surface area (Å²) in [5.41, 5.74) is 1.64. The van der Waals surface area contributed by atoms with Crippen LogP contribution in [0.5, 0.6) is 0 Å². The van der Waals surface area contributed by atoms with E-state index >= 15 is 0 Å². The molecular weight excluding hydrogens is 258 g/mol. The van der Waals surface area contributed by atoms with Crippen molar-refractivity contribution in [2.45, 2.75) is 33.4 Å². The molecule has 0 aliphatic carbocycles. The van der Waals surface area contributed by atoms with Crippen LogP contribution in [0.4, 0.5) is 4.79 Å². The van der Waals surface area contributed by atoms with Gasteiger partial charge in [-0.3, -0.25) is 4.98 Å². The Kier molecular flexibility index (Phi) is 5.49. The van der Waals surface area contributed by atoms with Crippen LogP contribution >= 0.6 is 0 Å². The van der Waals surface area contributed by atoms with E-state index in [0.29, 0.717) is 6.54 Å². The summed E-state index contributed by atoms with van der Waals surface area (Å²) in [6.45, 7) is 5.71. The predicted octanol–water partition coefficient (Wildman–Crippen LogP) is 1.64. The van der Waals surface area contributed by atoms with E-state index in [-0.39, 0.29) is 5.92 Å². The van der Waals surface area contributed by atoms with E-state index in [0.717, 1.165) is 11.4 Å². The molecule has 1 unspecified atom stereocenters. The number of carboxylic acids is 1. The van der Waals surface area contributed by atoms with Crippen LogP contribution < -0.4 is 5.32 Å². The molecule has 1 aromatic rings. The minimum atomic E-state index is -1.03. The van der Waals surface area contributed by atoms with Gasteiger partial charge < -0.3 is 15.3 Å². The highest BCUT2D eigenvalue weighted by Gasteiger charge is 2.24. The average Bonchev–Trinajstić information content (AvgIpc) is 2.34. The van der Waals surface area contributed by atoms with E-state index in [4.69, 9.17) is 5.11 Å². The summed E-state index contributed by atoms with van der Waals surface area (Å²) in [6.07, 6.45) is 0. The third-order valence-corrected chi connectivity index (χ3v) is 2.90. The molecule has 2 amide bonds. The van der Waals surface area contributed by atoms with Crippen molar-refractivity contribution in [1.29, 1.82) is 0 Å². The van der Waals surface area contributed by atoms with Crippen LogP contribution in [-0.4, -0.2) is 40.1 Å². The van der Waals surface area contributed by atoms with Gasteiger partial charge in [-0.1, -0.05) is 19.9 Å². The van der Waals surface area contributed by atoms with Gasteiger partial charge in [0.15, 0.2) is 0 Å². The summed E-state index contributed by atoms with van der Waals surface area (Å²) in [4.78, 5) is 28.8. The second-order valence-corrected chi connectivity index (χ2v) is 5.14. The Morgan fingerprint density at radius 3 is 2.55 bits per heavy atom. The first-order chi connectivity index (χ1) is 9.31. The Morgan fingerprint density at radius 2 is 2.05 bits per heavy atom. The fraction of sp³-hybridized carbons (Fsp3) is 0.500. The summed E-state index contributed by atoms with van der Waals surface area (Å²) in [6, 6.07) is 4.26. The molecule has 0 aliphatic rings. The number of carboxylic acid groups (broad SMARTS) is 1. The first-order valence-electron chi connectivity index (χ1n) is 6.48. The van der Waals surface area contributed by atoms with Crippen molar-refractivity contribution in [1.82, 2.24) is 15.2 Å². The lowest BCUT2D eigenvalue weighted by Gasteiger charge is -2.23. The Morgan fingerprint density at radius 1 is 1.40 bits per heavy atom. The first kappa shape index (κ1) is 15.9. The van der Waals surface area contributed by atoms with Gasteiger partial charge in [-0.25, -0.2) is 9.59 Å². The van der Waals surface area contributed by atoms with Gasteiger partial charge in [0.05, 0.1) is 12.2 Å². The third kappa shape index (κ3) is 4.53. The maximum Gasteiger partial charge on any atom is 0.326 e. The van der Waals surface area contributed by atoms with Crippen LogP contribution in [0.25, 0.3) is 0 Å². The van der Waals surface area contributed by atoms with Gasteiger partial charge in [0.2, 0.25) is 0 Å². The zero-order valence-corrected chi connectivity index (χ0v) is 12.3. The van der Waals surface area contributed by atoms with E-state index in [2.05, 4.69) is 10.3 Å². The molecule has 0 radical (unpaired) electrons. The normalized spacial score (nSPS) is 12.1. The Balaban J connectivity index is 2.65. The molecule has 0 spiro atoms. The molecule has 1 heterocycles. The van der Waals surface area contributed by atoms with Crippen molar-refractivity contribution in [2.24, 2.45) is 5.92 Å². The van der Waals surface area contributed by atoms with Gasteiger partial charge >= 0.3 is 12.0 Å². The highest BCUT2D eigenvalue weighted by Crippen LogP contribution is 2.05. The van der Waals surface area contributed by atoms with E-state index in [9.17, 15) is 9.59 Å². The number of carbonyl (C=O) groups is 2. The number of carbonyl (C=O) groups excluding carboxylic acids is 1. The lowest BCUT2D eigenvalue weighted by atomic mass is 10.1. The second-order valence-electron chi connectivity index (χ2n) is 5.14. The highest BCUT2D eigenvalue weighted by molar-refractivity contribution is 5.82. The van der Waals surface area contributed by atoms with E-state index in [1.165, 1.54) is 4.90 Å². The molecule has 6 heteroatoms. The molecule has 0 fully saturated rings. The quantitative estimate of drug-likeness (QED) is 0.858. The first-order valence-corrected chi connectivity index (χ1v) is 6.48. The van der Waals surface area contributed by atoms with Gasteiger partial charge in [0.25, 0.3) is 0 Å². The maximum atomic E-state index is 12.0. The van der Waals surface area contributed by atoms with Crippen LogP contribution in [0, 0.1) is 12.8 Å². The number of hydrogen-bond donors (Lipinski definition) is 2. The highest BCUT2D eigenvalue weighted by atomic mass is 16.4. The summed E-state index contributed by atoms with van der Waals surface area (Å²) in [5.74, 6) is -1.21. The molecule has 2 N–H and O–H groups in total. The molecular formula is C14H21N3O3. The van der Waals surface area contributed by atoms with Crippen LogP contribution in [0.15, 0.2) is 18.2 Å². The summed E-state index contributed by atoms with van der Waals surface area (Å²) < 4.78 is 0. The van der Waals surface area contributed by atoms with Gasteiger partial charge in [-0.15, -0.1) is 0 Å². The van der Waals surface area contributed by atoms with Crippen molar-refractivity contribution in [3.63, 3.8) is 0 Å². The van der Waals surface area contributed by atoms with Crippen molar-refractivity contribution in [2.75, 3.05) is 7.05 Å². The molecule has 1 atom stereocenters. The van der Waals surface area contributed by atoms with Gasteiger partial charge in [-0.05, 0) is 25.0 Å². The number of hydrogen-bond acceptors (Lipinski definition) is 3. The van der Waals surface area contributed by atoms with Crippen molar-refractivity contribution in [3.05, 3.63) is 29.6 Å². The van der Waals surface area contributed by atoms with Crippen LogP contribution in [-0.2, 0) is 11.3 Å². The summed E-state index contributed by atoms with van der Waals surface area (Å²) in [7, 11) is 1.61. The molecule has 0 saturated heterocycles.